The molecule has 17 heavy (non-hydrogen) atoms. The molecule has 96 valence electrons. The largest absolute Gasteiger partial charge is 0.468 e. The lowest BCUT2D eigenvalue weighted by molar-refractivity contribution is -0.152. The minimum atomic E-state index is -0.205. The van der Waals surface area contributed by atoms with Crippen molar-refractivity contribution in [3.05, 3.63) is 0 Å². The molecule has 0 saturated heterocycles. The normalized spacial score (nSPS) is 34.1. The molecule has 0 aromatic heterocycles. The monoisotopic (exact) mass is 256 g/mol. The van der Waals surface area contributed by atoms with Crippen molar-refractivity contribution in [1.29, 1.82) is 0 Å². The van der Waals surface area contributed by atoms with Gasteiger partial charge in [0, 0.05) is 18.1 Å². The lowest BCUT2D eigenvalue weighted by Crippen LogP contribution is -2.56. The van der Waals surface area contributed by atoms with E-state index in [2.05, 4.69) is 18.6 Å². The highest BCUT2D eigenvalue weighted by molar-refractivity contribution is 7.99. The Morgan fingerprint density at radius 2 is 2.24 bits per heavy atom. The molecule has 0 N–H and O–H groups in total. The first-order chi connectivity index (χ1) is 7.96. The zero-order valence-electron chi connectivity index (χ0n) is 10.7. The molecule has 3 atom stereocenters. The molecule has 0 aromatic carbocycles. The topological polar surface area (TPSA) is 43.4 Å². The van der Waals surface area contributed by atoms with Crippen LogP contribution in [-0.4, -0.2) is 30.4 Å². The summed E-state index contributed by atoms with van der Waals surface area (Å²) in [5.41, 5.74) is 0.324. The van der Waals surface area contributed by atoms with Gasteiger partial charge in [-0.05, 0) is 23.7 Å². The molecule has 0 aromatic rings. The van der Waals surface area contributed by atoms with E-state index in [0.29, 0.717) is 28.8 Å². The van der Waals surface area contributed by atoms with Gasteiger partial charge in [-0.1, -0.05) is 13.8 Å². The molecular formula is C13H20O3S. The molecule has 3 rings (SSSR count). The number of hydrogen-bond acceptors (Lipinski definition) is 4. The van der Waals surface area contributed by atoms with Crippen molar-refractivity contribution in [3.8, 4) is 0 Å². The average molecular weight is 256 g/mol. The van der Waals surface area contributed by atoms with Gasteiger partial charge in [0.2, 0.25) is 0 Å². The molecule has 3 aliphatic rings. The van der Waals surface area contributed by atoms with E-state index >= 15 is 0 Å². The Morgan fingerprint density at radius 3 is 2.82 bits per heavy atom. The first-order valence-corrected chi connectivity index (χ1v) is 7.29. The predicted molar refractivity (Wildman–Crippen MR) is 67.8 cm³/mol. The molecule has 3 aliphatic carbocycles. The van der Waals surface area contributed by atoms with Gasteiger partial charge in [-0.3, -0.25) is 9.59 Å². The maximum Gasteiger partial charge on any atom is 0.315 e. The summed E-state index contributed by atoms with van der Waals surface area (Å²) in [6, 6.07) is 0. The molecule has 0 heterocycles. The van der Waals surface area contributed by atoms with Crippen LogP contribution >= 0.6 is 11.8 Å². The number of ketones is 1. The van der Waals surface area contributed by atoms with E-state index in [0.717, 1.165) is 12.2 Å². The van der Waals surface area contributed by atoms with Gasteiger partial charge in [-0.25, -0.2) is 0 Å². The fourth-order valence-electron chi connectivity index (χ4n) is 3.24. The third kappa shape index (κ3) is 2.24. The van der Waals surface area contributed by atoms with Crippen molar-refractivity contribution in [2.24, 2.45) is 23.2 Å². The Labute approximate surface area is 107 Å². The van der Waals surface area contributed by atoms with E-state index in [4.69, 9.17) is 0 Å². The molecule has 0 amide bonds. The number of methoxy groups -OCH3 is 1. The Morgan fingerprint density at radius 1 is 1.53 bits per heavy atom. The van der Waals surface area contributed by atoms with Gasteiger partial charge < -0.3 is 4.74 Å². The number of ether oxygens (including phenoxy) is 1. The number of hydrogen-bond donors (Lipinski definition) is 0. The summed E-state index contributed by atoms with van der Waals surface area (Å²) in [7, 11) is 1.40. The van der Waals surface area contributed by atoms with Crippen LogP contribution in [0.2, 0.25) is 0 Å². The van der Waals surface area contributed by atoms with Gasteiger partial charge in [0.25, 0.3) is 0 Å². The summed E-state index contributed by atoms with van der Waals surface area (Å²) in [6.45, 7) is 4.55. The molecule has 3 nitrogen and oxygen atoms in total. The van der Waals surface area contributed by atoms with Crippen LogP contribution in [0.4, 0.5) is 0 Å². The van der Waals surface area contributed by atoms with Crippen LogP contribution in [0.5, 0.6) is 0 Å². The maximum absolute atomic E-state index is 11.9. The Balaban J connectivity index is 1.87. The fraction of sp³-hybridized carbons (Fsp3) is 0.846. The second kappa shape index (κ2) is 4.63. The number of esters is 1. The first-order valence-electron chi connectivity index (χ1n) is 6.14. The van der Waals surface area contributed by atoms with E-state index in [-0.39, 0.29) is 11.9 Å². The predicted octanol–water partition coefficient (Wildman–Crippen LogP) is 2.14. The Hall–Kier alpha value is -0.510. The van der Waals surface area contributed by atoms with Crippen molar-refractivity contribution < 1.29 is 14.3 Å². The maximum atomic E-state index is 11.9. The number of Topliss-reactive ketones (excluding diaryl/α,β-unsaturated/α-hetero) is 1. The van der Waals surface area contributed by atoms with Crippen molar-refractivity contribution in [1.82, 2.24) is 0 Å². The van der Waals surface area contributed by atoms with Gasteiger partial charge in [-0.2, -0.15) is 0 Å². The summed E-state index contributed by atoms with van der Waals surface area (Å²) in [5.74, 6) is 2.61. The van der Waals surface area contributed by atoms with Crippen LogP contribution in [0.1, 0.15) is 26.7 Å². The lowest BCUT2D eigenvalue weighted by Gasteiger charge is -2.59. The molecule has 4 heteroatoms. The highest BCUT2D eigenvalue weighted by Crippen LogP contribution is 2.60. The lowest BCUT2D eigenvalue weighted by atomic mass is 9.45. The van der Waals surface area contributed by atoms with Gasteiger partial charge in [0.05, 0.1) is 12.9 Å². The van der Waals surface area contributed by atoms with E-state index in [1.807, 2.05) is 0 Å². The smallest absolute Gasteiger partial charge is 0.315 e. The van der Waals surface area contributed by atoms with Gasteiger partial charge in [0.1, 0.15) is 5.78 Å². The highest BCUT2D eigenvalue weighted by Gasteiger charge is 2.57. The molecule has 2 bridgehead atoms. The highest BCUT2D eigenvalue weighted by atomic mass is 32.2. The second-order valence-electron chi connectivity index (χ2n) is 5.73. The van der Waals surface area contributed by atoms with Gasteiger partial charge in [-0.15, -0.1) is 11.8 Å². The van der Waals surface area contributed by atoms with E-state index < -0.39 is 0 Å². The minimum Gasteiger partial charge on any atom is -0.468 e. The third-order valence-electron chi connectivity index (χ3n) is 4.64. The van der Waals surface area contributed by atoms with Crippen molar-refractivity contribution in [2.45, 2.75) is 26.7 Å². The zero-order chi connectivity index (χ0) is 12.6. The standard InChI is InChI=1S/C13H20O3S/c1-13(2)8-4-10(13)9(11(14)5-8)6-17-7-12(15)16-3/h8-10H,4-7H2,1-3H3/t8-,9-,10+/m1/s1. The number of carbonyl (C=O) groups is 2. The molecule has 0 aliphatic heterocycles. The Bertz CT molecular complexity index is 338. The van der Waals surface area contributed by atoms with Crippen LogP contribution in [0.15, 0.2) is 0 Å². The number of fused-ring (bicyclic) bond motifs is 2. The molecule has 0 radical (unpaired) electrons. The van der Waals surface area contributed by atoms with Crippen LogP contribution in [0.25, 0.3) is 0 Å². The third-order valence-corrected chi connectivity index (χ3v) is 5.67. The summed E-state index contributed by atoms with van der Waals surface area (Å²) in [4.78, 5) is 23.0. The van der Waals surface area contributed by atoms with Crippen LogP contribution in [0, 0.1) is 23.2 Å². The Kier molecular flexibility index (Phi) is 3.53. The molecule has 0 unspecified atom stereocenters. The van der Waals surface area contributed by atoms with Crippen molar-refractivity contribution >= 4 is 23.5 Å². The van der Waals surface area contributed by atoms with Crippen LogP contribution in [0.3, 0.4) is 0 Å². The SMILES string of the molecule is COC(=O)CSC[C@H]1C(=O)C[C@H]2C[C@@H]1C2(C)C. The minimum absolute atomic E-state index is 0.157. The first kappa shape index (κ1) is 12.9. The number of carbonyl (C=O) groups excluding carboxylic acids is 2. The van der Waals surface area contributed by atoms with E-state index in [1.165, 1.54) is 25.3 Å². The summed E-state index contributed by atoms with van der Waals surface area (Å²) in [5, 5.41) is 0. The summed E-state index contributed by atoms with van der Waals surface area (Å²) < 4.78 is 4.60. The van der Waals surface area contributed by atoms with E-state index in [1.54, 1.807) is 0 Å². The molecule has 3 fully saturated rings. The molecule has 3 saturated carbocycles. The fourth-order valence-corrected chi connectivity index (χ4v) is 4.32. The molecular weight excluding hydrogens is 236 g/mol. The van der Waals surface area contributed by atoms with Crippen LogP contribution < -0.4 is 0 Å². The number of thioether (sulfide) groups is 1. The van der Waals surface area contributed by atoms with Crippen molar-refractivity contribution in [2.75, 3.05) is 18.6 Å². The number of rotatable bonds is 4. The quantitative estimate of drug-likeness (QED) is 0.723. The van der Waals surface area contributed by atoms with Crippen LogP contribution in [-0.2, 0) is 14.3 Å². The molecule has 0 spiro atoms. The average Bonchev–Trinajstić information content (AvgIpc) is 2.30. The van der Waals surface area contributed by atoms with Crippen molar-refractivity contribution in [3.63, 3.8) is 0 Å². The van der Waals surface area contributed by atoms with Gasteiger partial charge in [0.15, 0.2) is 0 Å². The summed E-state index contributed by atoms with van der Waals surface area (Å²) in [6.07, 6.45) is 1.94. The van der Waals surface area contributed by atoms with Gasteiger partial charge >= 0.3 is 5.97 Å². The summed E-state index contributed by atoms with van der Waals surface area (Å²) >= 11 is 1.53. The zero-order valence-corrected chi connectivity index (χ0v) is 11.5. The second-order valence-corrected chi connectivity index (χ2v) is 6.76. The van der Waals surface area contributed by atoms with E-state index in [9.17, 15) is 9.59 Å².